The highest BCUT2D eigenvalue weighted by atomic mass is 32.2. The first-order chi connectivity index (χ1) is 8.15. The van der Waals surface area contributed by atoms with E-state index in [0.717, 1.165) is 11.4 Å². The third kappa shape index (κ3) is 3.20. The van der Waals surface area contributed by atoms with E-state index in [4.69, 9.17) is 5.73 Å². The molecule has 0 aliphatic carbocycles. The molecule has 0 amide bonds. The van der Waals surface area contributed by atoms with E-state index in [-0.39, 0.29) is 0 Å². The van der Waals surface area contributed by atoms with Crippen LogP contribution >= 0.6 is 11.8 Å². The minimum atomic E-state index is 0.463. The standard InChI is InChI=1S/C13H15N3S/c1-9-3-4-12(10(2)5-9)17-8-11-6-16-13(14)7-15-11/h3-7H,8H2,1-2H3,(H2,14,16). The molecule has 1 heterocycles. The van der Waals surface area contributed by atoms with Crippen LogP contribution in [0.4, 0.5) is 5.82 Å². The van der Waals surface area contributed by atoms with E-state index in [1.165, 1.54) is 16.0 Å². The number of nitrogens with zero attached hydrogens (tertiary/aromatic N) is 2. The van der Waals surface area contributed by atoms with Gasteiger partial charge in [0.05, 0.1) is 18.1 Å². The first-order valence-corrected chi connectivity index (χ1v) is 6.40. The minimum absolute atomic E-state index is 0.463. The first kappa shape index (κ1) is 11.9. The minimum Gasteiger partial charge on any atom is -0.382 e. The number of rotatable bonds is 3. The van der Waals surface area contributed by atoms with E-state index in [0.29, 0.717) is 5.82 Å². The van der Waals surface area contributed by atoms with Crippen molar-refractivity contribution in [2.24, 2.45) is 0 Å². The van der Waals surface area contributed by atoms with Gasteiger partial charge < -0.3 is 5.73 Å². The van der Waals surface area contributed by atoms with E-state index in [9.17, 15) is 0 Å². The van der Waals surface area contributed by atoms with Crippen LogP contribution in [-0.2, 0) is 5.75 Å². The highest BCUT2D eigenvalue weighted by Gasteiger charge is 2.01. The normalized spacial score (nSPS) is 10.5. The van der Waals surface area contributed by atoms with Crippen LogP contribution in [0.15, 0.2) is 35.5 Å². The Morgan fingerprint density at radius 3 is 2.65 bits per heavy atom. The molecule has 0 atom stereocenters. The summed E-state index contributed by atoms with van der Waals surface area (Å²) in [4.78, 5) is 9.55. The summed E-state index contributed by atoms with van der Waals surface area (Å²) in [5.74, 6) is 1.28. The van der Waals surface area contributed by atoms with Crippen LogP contribution in [0.5, 0.6) is 0 Å². The van der Waals surface area contributed by atoms with Crippen molar-refractivity contribution in [3.05, 3.63) is 47.4 Å². The van der Waals surface area contributed by atoms with Crippen molar-refractivity contribution >= 4 is 17.6 Å². The summed E-state index contributed by atoms with van der Waals surface area (Å²) in [7, 11) is 0. The molecule has 2 aromatic rings. The van der Waals surface area contributed by atoms with Gasteiger partial charge in [-0.3, -0.25) is 4.98 Å². The maximum absolute atomic E-state index is 5.49. The lowest BCUT2D eigenvalue weighted by atomic mass is 10.2. The van der Waals surface area contributed by atoms with Crippen LogP contribution in [0.3, 0.4) is 0 Å². The molecule has 0 radical (unpaired) electrons. The number of aryl methyl sites for hydroxylation is 2. The second kappa shape index (κ2) is 5.19. The first-order valence-electron chi connectivity index (χ1n) is 5.41. The fourth-order valence-electron chi connectivity index (χ4n) is 1.55. The molecule has 0 unspecified atom stereocenters. The van der Waals surface area contributed by atoms with Gasteiger partial charge in [0, 0.05) is 10.6 Å². The summed E-state index contributed by atoms with van der Waals surface area (Å²) in [6, 6.07) is 6.47. The van der Waals surface area contributed by atoms with Crippen molar-refractivity contribution in [3.8, 4) is 0 Å². The van der Waals surface area contributed by atoms with Crippen molar-refractivity contribution < 1.29 is 0 Å². The lowest BCUT2D eigenvalue weighted by molar-refractivity contribution is 1.11. The summed E-state index contributed by atoms with van der Waals surface area (Å²) in [6.07, 6.45) is 3.32. The fraction of sp³-hybridized carbons (Fsp3) is 0.231. The van der Waals surface area contributed by atoms with E-state index in [1.807, 2.05) is 0 Å². The second-order valence-corrected chi connectivity index (χ2v) is 5.01. The average Bonchev–Trinajstić information content (AvgIpc) is 2.30. The monoisotopic (exact) mass is 245 g/mol. The summed E-state index contributed by atoms with van der Waals surface area (Å²) in [5.41, 5.74) is 9.04. The summed E-state index contributed by atoms with van der Waals surface area (Å²) in [5, 5.41) is 0. The number of hydrogen-bond acceptors (Lipinski definition) is 4. The maximum atomic E-state index is 5.49. The van der Waals surface area contributed by atoms with Gasteiger partial charge in [0.2, 0.25) is 0 Å². The zero-order valence-corrected chi connectivity index (χ0v) is 10.8. The molecule has 0 saturated carbocycles. The lowest BCUT2D eigenvalue weighted by Gasteiger charge is -2.06. The van der Waals surface area contributed by atoms with Gasteiger partial charge in [-0.15, -0.1) is 11.8 Å². The molecule has 0 aliphatic rings. The van der Waals surface area contributed by atoms with Gasteiger partial charge in [0.1, 0.15) is 5.82 Å². The Labute approximate surface area is 105 Å². The van der Waals surface area contributed by atoms with Crippen molar-refractivity contribution in [2.45, 2.75) is 24.5 Å². The van der Waals surface area contributed by atoms with Gasteiger partial charge in [-0.25, -0.2) is 4.98 Å². The average molecular weight is 245 g/mol. The number of nitrogens with two attached hydrogens (primary N) is 1. The summed E-state index contributed by atoms with van der Waals surface area (Å²) in [6.45, 7) is 4.23. The van der Waals surface area contributed by atoms with E-state index in [1.54, 1.807) is 24.2 Å². The number of nitrogen functional groups attached to an aromatic ring is 1. The van der Waals surface area contributed by atoms with Gasteiger partial charge >= 0.3 is 0 Å². The number of hydrogen-bond donors (Lipinski definition) is 1. The van der Waals surface area contributed by atoms with Crippen LogP contribution in [0, 0.1) is 13.8 Å². The van der Waals surface area contributed by atoms with Crippen LogP contribution < -0.4 is 5.73 Å². The Morgan fingerprint density at radius 1 is 1.18 bits per heavy atom. The third-order valence-corrected chi connectivity index (χ3v) is 3.64. The number of aromatic nitrogens is 2. The van der Waals surface area contributed by atoms with Crippen LogP contribution in [-0.4, -0.2) is 9.97 Å². The van der Waals surface area contributed by atoms with Crippen LogP contribution in [0.1, 0.15) is 16.8 Å². The number of benzene rings is 1. The van der Waals surface area contributed by atoms with Gasteiger partial charge in [0.15, 0.2) is 0 Å². The van der Waals surface area contributed by atoms with Crippen molar-refractivity contribution in [1.29, 1.82) is 0 Å². The molecule has 88 valence electrons. The Kier molecular flexibility index (Phi) is 3.64. The molecule has 17 heavy (non-hydrogen) atoms. The Bertz CT molecular complexity index is 509. The predicted octanol–water partition coefficient (Wildman–Crippen LogP) is 2.97. The summed E-state index contributed by atoms with van der Waals surface area (Å²) >= 11 is 1.77. The molecule has 0 bridgehead atoms. The second-order valence-electron chi connectivity index (χ2n) is 3.99. The van der Waals surface area contributed by atoms with Gasteiger partial charge in [-0.05, 0) is 25.5 Å². The topological polar surface area (TPSA) is 51.8 Å². The van der Waals surface area contributed by atoms with Crippen LogP contribution in [0.2, 0.25) is 0 Å². The molecular formula is C13H15N3S. The molecule has 2 rings (SSSR count). The molecule has 4 heteroatoms. The molecule has 0 fully saturated rings. The maximum Gasteiger partial charge on any atom is 0.141 e. The highest BCUT2D eigenvalue weighted by Crippen LogP contribution is 2.25. The number of thioether (sulfide) groups is 1. The molecule has 2 N–H and O–H groups in total. The Balaban J connectivity index is 2.04. The zero-order valence-electron chi connectivity index (χ0n) is 9.97. The van der Waals surface area contributed by atoms with Gasteiger partial charge in [0.25, 0.3) is 0 Å². The SMILES string of the molecule is Cc1ccc(SCc2cnc(N)cn2)c(C)c1. The van der Waals surface area contributed by atoms with E-state index < -0.39 is 0 Å². The smallest absolute Gasteiger partial charge is 0.141 e. The third-order valence-electron chi connectivity index (χ3n) is 2.43. The summed E-state index contributed by atoms with van der Waals surface area (Å²) < 4.78 is 0. The highest BCUT2D eigenvalue weighted by molar-refractivity contribution is 7.98. The fourth-order valence-corrected chi connectivity index (χ4v) is 2.46. The van der Waals surface area contributed by atoms with Gasteiger partial charge in [-0.1, -0.05) is 17.7 Å². The molecule has 0 aliphatic heterocycles. The molecular weight excluding hydrogens is 230 g/mol. The van der Waals surface area contributed by atoms with Crippen molar-refractivity contribution in [2.75, 3.05) is 5.73 Å². The van der Waals surface area contributed by atoms with Crippen molar-refractivity contribution in [1.82, 2.24) is 9.97 Å². The molecule has 1 aromatic carbocycles. The molecule has 1 aromatic heterocycles. The van der Waals surface area contributed by atoms with Crippen LogP contribution in [0.25, 0.3) is 0 Å². The Morgan fingerprint density at radius 2 is 2.00 bits per heavy atom. The molecule has 0 saturated heterocycles. The Hall–Kier alpha value is -1.55. The van der Waals surface area contributed by atoms with E-state index in [2.05, 4.69) is 42.0 Å². The van der Waals surface area contributed by atoms with Gasteiger partial charge in [-0.2, -0.15) is 0 Å². The number of anilines is 1. The quantitative estimate of drug-likeness (QED) is 0.845. The van der Waals surface area contributed by atoms with Crippen molar-refractivity contribution in [3.63, 3.8) is 0 Å². The van der Waals surface area contributed by atoms with E-state index >= 15 is 0 Å². The zero-order chi connectivity index (χ0) is 12.3. The lowest BCUT2D eigenvalue weighted by Crippen LogP contribution is -1.94. The predicted molar refractivity (Wildman–Crippen MR) is 71.9 cm³/mol. The molecule has 0 spiro atoms. The largest absolute Gasteiger partial charge is 0.382 e. The molecule has 3 nitrogen and oxygen atoms in total.